The lowest BCUT2D eigenvalue weighted by Gasteiger charge is -2.24. The summed E-state index contributed by atoms with van der Waals surface area (Å²) < 4.78 is 0. The molecule has 0 aliphatic carbocycles. The topological polar surface area (TPSA) is 12.0 Å². The molecule has 0 spiro atoms. The first-order valence-electron chi connectivity index (χ1n) is 7.51. The van der Waals surface area contributed by atoms with Crippen LogP contribution < -0.4 is 5.32 Å². The molecule has 0 radical (unpaired) electrons. The third-order valence-corrected chi connectivity index (χ3v) is 4.62. The minimum Gasteiger partial charge on any atom is -0.309 e. The summed E-state index contributed by atoms with van der Waals surface area (Å²) in [7, 11) is 1.98. The number of halogens is 1. The Hall–Kier alpha value is -1.31. The summed E-state index contributed by atoms with van der Waals surface area (Å²) in [4.78, 5) is 0. The number of benzene rings is 2. The Morgan fingerprint density at radius 3 is 2.24 bits per heavy atom. The van der Waals surface area contributed by atoms with Gasteiger partial charge < -0.3 is 5.32 Å². The maximum atomic E-state index is 6.11. The molecule has 0 saturated carbocycles. The summed E-state index contributed by atoms with van der Waals surface area (Å²) in [6, 6.07) is 17.1. The second kappa shape index (κ2) is 6.64. The van der Waals surface area contributed by atoms with E-state index in [0.717, 1.165) is 11.4 Å². The number of hydrogen-bond donors (Lipinski definition) is 1. The van der Waals surface area contributed by atoms with E-state index < -0.39 is 0 Å². The summed E-state index contributed by atoms with van der Waals surface area (Å²) in [5.41, 5.74) is 4.06. The first-order valence-corrected chi connectivity index (χ1v) is 7.89. The predicted molar refractivity (Wildman–Crippen MR) is 92.1 cm³/mol. The second-order valence-corrected chi connectivity index (χ2v) is 6.57. The van der Waals surface area contributed by atoms with E-state index in [-0.39, 0.29) is 11.5 Å². The molecule has 1 nitrogen and oxygen atoms in total. The van der Waals surface area contributed by atoms with E-state index in [0.29, 0.717) is 0 Å². The highest BCUT2D eigenvalue weighted by Gasteiger charge is 2.19. The van der Waals surface area contributed by atoms with Crippen molar-refractivity contribution in [3.05, 3.63) is 70.2 Å². The maximum Gasteiger partial charge on any atom is 0.0574 e. The second-order valence-electron chi connectivity index (χ2n) is 6.14. The van der Waals surface area contributed by atoms with Gasteiger partial charge in [0.25, 0.3) is 0 Å². The molecule has 0 heterocycles. The minimum absolute atomic E-state index is 0.169. The largest absolute Gasteiger partial charge is 0.309 e. The van der Waals surface area contributed by atoms with Gasteiger partial charge in [0.15, 0.2) is 0 Å². The van der Waals surface area contributed by atoms with Gasteiger partial charge in [-0.2, -0.15) is 0 Å². The predicted octanol–water partition coefficient (Wildman–Crippen LogP) is 5.34. The monoisotopic (exact) mass is 301 g/mol. The zero-order valence-electron chi connectivity index (χ0n) is 13.3. The van der Waals surface area contributed by atoms with Crippen LogP contribution in [0.4, 0.5) is 0 Å². The zero-order valence-corrected chi connectivity index (χ0v) is 14.0. The molecule has 0 amide bonds. The van der Waals surface area contributed by atoms with E-state index >= 15 is 0 Å². The standard InChI is InChI=1S/C19H24ClN/c1-5-19(2,3)16-11-9-14(10-12-16)18(21-4)15-7-6-8-17(20)13-15/h6-13,18,21H,5H2,1-4H3. The molecule has 2 heteroatoms. The summed E-state index contributed by atoms with van der Waals surface area (Å²) in [5, 5.41) is 4.15. The molecule has 0 saturated heterocycles. The van der Waals surface area contributed by atoms with Gasteiger partial charge in [-0.05, 0) is 47.7 Å². The molecular weight excluding hydrogens is 278 g/mol. The Labute approximate surface area is 133 Å². The van der Waals surface area contributed by atoms with Gasteiger partial charge in [-0.25, -0.2) is 0 Å². The maximum absolute atomic E-state index is 6.11. The molecule has 0 aromatic heterocycles. The van der Waals surface area contributed by atoms with Crippen LogP contribution in [0.25, 0.3) is 0 Å². The van der Waals surface area contributed by atoms with Gasteiger partial charge in [0.1, 0.15) is 0 Å². The van der Waals surface area contributed by atoms with Gasteiger partial charge in [-0.3, -0.25) is 0 Å². The first kappa shape index (κ1) is 16.1. The van der Waals surface area contributed by atoms with E-state index in [9.17, 15) is 0 Å². The Morgan fingerprint density at radius 1 is 1.05 bits per heavy atom. The Bertz CT molecular complexity index is 587. The van der Waals surface area contributed by atoms with Crippen LogP contribution >= 0.6 is 11.6 Å². The lowest BCUT2D eigenvalue weighted by atomic mass is 9.81. The van der Waals surface area contributed by atoms with Crippen LogP contribution in [0.15, 0.2) is 48.5 Å². The Kier molecular flexibility index (Phi) is 5.08. The van der Waals surface area contributed by atoms with Crippen molar-refractivity contribution in [2.75, 3.05) is 7.05 Å². The molecule has 2 aromatic carbocycles. The van der Waals surface area contributed by atoms with Gasteiger partial charge in [0.05, 0.1) is 6.04 Å². The normalized spacial score (nSPS) is 13.2. The smallest absolute Gasteiger partial charge is 0.0574 e. The number of nitrogens with one attached hydrogen (secondary N) is 1. The van der Waals surface area contributed by atoms with Crippen LogP contribution in [-0.2, 0) is 5.41 Å². The Balaban J connectivity index is 2.32. The number of hydrogen-bond acceptors (Lipinski definition) is 1. The zero-order chi connectivity index (χ0) is 15.5. The van der Waals surface area contributed by atoms with Gasteiger partial charge in [0.2, 0.25) is 0 Å². The fourth-order valence-electron chi connectivity index (χ4n) is 2.54. The van der Waals surface area contributed by atoms with Gasteiger partial charge in [-0.1, -0.05) is 68.8 Å². The van der Waals surface area contributed by atoms with Crippen LogP contribution in [-0.4, -0.2) is 7.05 Å². The fraction of sp³-hybridized carbons (Fsp3) is 0.368. The molecule has 0 aliphatic rings. The molecule has 1 N–H and O–H groups in total. The van der Waals surface area contributed by atoms with Crippen molar-refractivity contribution in [2.45, 2.75) is 38.6 Å². The van der Waals surface area contributed by atoms with E-state index in [2.05, 4.69) is 56.4 Å². The molecule has 2 rings (SSSR count). The highest BCUT2D eigenvalue weighted by molar-refractivity contribution is 6.30. The van der Waals surface area contributed by atoms with Crippen molar-refractivity contribution in [2.24, 2.45) is 0 Å². The van der Waals surface area contributed by atoms with E-state index in [1.54, 1.807) is 0 Å². The van der Waals surface area contributed by atoms with Gasteiger partial charge in [0, 0.05) is 5.02 Å². The highest BCUT2D eigenvalue weighted by atomic mass is 35.5. The lowest BCUT2D eigenvalue weighted by Crippen LogP contribution is -2.19. The molecule has 21 heavy (non-hydrogen) atoms. The quantitative estimate of drug-likeness (QED) is 0.786. The van der Waals surface area contributed by atoms with Crippen molar-refractivity contribution in [1.82, 2.24) is 5.32 Å². The third-order valence-electron chi connectivity index (χ3n) is 4.38. The molecule has 1 atom stereocenters. The summed E-state index contributed by atoms with van der Waals surface area (Å²) in [6.45, 7) is 6.80. The van der Waals surface area contributed by atoms with Crippen LogP contribution in [0, 0.1) is 0 Å². The van der Waals surface area contributed by atoms with E-state index in [4.69, 9.17) is 11.6 Å². The van der Waals surface area contributed by atoms with Crippen LogP contribution in [0.1, 0.15) is 49.9 Å². The average molecular weight is 302 g/mol. The molecule has 112 valence electrons. The van der Waals surface area contributed by atoms with Crippen molar-refractivity contribution in [1.29, 1.82) is 0 Å². The van der Waals surface area contributed by atoms with Crippen molar-refractivity contribution < 1.29 is 0 Å². The van der Waals surface area contributed by atoms with Gasteiger partial charge >= 0.3 is 0 Å². The molecule has 0 bridgehead atoms. The minimum atomic E-state index is 0.169. The van der Waals surface area contributed by atoms with E-state index in [1.807, 2.05) is 25.2 Å². The van der Waals surface area contributed by atoms with Crippen LogP contribution in [0.2, 0.25) is 5.02 Å². The molecule has 2 aromatic rings. The summed E-state index contributed by atoms with van der Waals surface area (Å²) in [6.07, 6.45) is 1.14. The van der Waals surface area contributed by atoms with Crippen molar-refractivity contribution in [3.63, 3.8) is 0 Å². The molecule has 0 aliphatic heterocycles. The first-order chi connectivity index (χ1) is 9.97. The van der Waals surface area contributed by atoms with Crippen molar-refractivity contribution >= 4 is 11.6 Å². The fourth-order valence-corrected chi connectivity index (χ4v) is 2.74. The average Bonchev–Trinajstić information content (AvgIpc) is 2.49. The Morgan fingerprint density at radius 2 is 1.71 bits per heavy atom. The molecular formula is C19H24ClN. The third kappa shape index (κ3) is 3.66. The summed E-state index contributed by atoms with van der Waals surface area (Å²) in [5.74, 6) is 0. The molecule has 0 fully saturated rings. The van der Waals surface area contributed by atoms with Gasteiger partial charge in [-0.15, -0.1) is 0 Å². The van der Waals surface area contributed by atoms with E-state index in [1.165, 1.54) is 16.7 Å². The number of rotatable bonds is 5. The highest BCUT2D eigenvalue weighted by Crippen LogP contribution is 2.29. The molecule has 1 unspecified atom stereocenters. The van der Waals surface area contributed by atoms with Crippen LogP contribution in [0.5, 0.6) is 0 Å². The SMILES string of the molecule is CCC(C)(C)c1ccc(C(NC)c2cccc(Cl)c2)cc1. The van der Waals surface area contributed by atoms with Crippen LogP contribution in [0.3, 0.4) is 0 Å². The lowest BCUT2D eigenvalue weighted by molar-refractivity contribution is 0.506. The van der Waals surface area contributed by atoms with Crippen molar-refractivity contribution in [3.8, 4) is 0 Å². The summed E-state index contributed by atoms with van der Waals surface area (Å²) >= 11 is 6.11.